The van der Waals surface area contributed by atoms with Gasteiger partial charge in [-0.25, -0.2) is 0 Å². The van der Waals surface area contributed by atoms with E-state index in [1.807, 2.05) is 0 Å². The standard InChI is InChI=1S/C21H32O4S/c22-20(24-14-7-3-1-4-8-14)18-13-11-16(17(26)12-13)19(18)21(23)25-15-9-5-2-6-10-15/h13-19,26H,1-12H2. The first-order valence-corrected chi connectivity index (χ1v) is 11.2. The van der Waals surface area contributed by atoms with Crippen LogP contribution in [0.5, 0.6) is 0 Å². The fourth-order valence-corrected chi connectivity index (χ4v) is 6.42. The van der Waals surface area contributed by atoms with Crippen molar-refractivity contribution in [2.24, 2.45) is 23.7 Å². The number of hydrogen-bond donors (Lipinski definition) is 1. The molecule has 0 saturated heterocycles. The third-order valence-corrected chi connectivity index (χ3v) is 7.78. The average Bonchev–Trinajstić information content (AvgIpc) is 3.20. The molecule has 0 radical (unpaired) electrons. The van der Waals surface area contributed by atoms with Crippen LogP contribution >= 0.6 is 12.6 Å². The molecule has 0 aromatic rings. The van der Waals surface area contributed by atoms with Crippen molar-refractivity contribution in [3.05, 3.63) is 0 Å². The summed E-state index contributed by atoms with van der Waals surface area (Å²) in [5, 5.41) is 0.211. The van der Waals surface area contributed by atoms with Crippen LogP contribution in [-0.4, -0.2) is 29.4 Å². The number of carbonyl (C=O) groups excluding carboxylic acids is 2. The quantitative estimate of drug-likeness (QED) is 0.583. The fourth-order valence-electron chi connectivity index (χ4n) is 5.84. The largest absolute Gasteiger partial charge is 0.462 e. The zero-order valence-electron chi connectivity index (χ0n) is 15.6. The van der Waals surface area contributed by atoms with E-state index in [0.29, 0.717) is 0 Å². The van der Waals surface area contributed by atoms with E-state index in [-0.39, 0.29) is 53.1 Å². The molecule has 0 N–H and O–H groups in total. The lowest BCUT2D eigenvalue weighted by atomic mass is 9.78. The van der Waals surface area contributed by atoms with Gasteiger partial charge in [-0.3, -0.25) is 9.59 Å². The van der Waals surface area contributed by atoms with Crippen LogP contribution in [0.1, 0.15) is 77.0 Å². The molecule has 26 heavy (non-hydrogen) atoms. The Morgan fingerprint density at radius 2 is 1.19 bits per heavy atom. The van der Waals surface area contributed by atoms with Gasteiger partial charge in [0.1, 0.15) is 12.2 Å². The van der Waals surface area contributed by atoms with Gasteiger partial charge in [-0.15, -0.1) is 0 Å². The summed E-state index contributed by atoms with van der Waals surface area (Å²) in [7, 11) is 0. The van der Waals surface area contributed by atoms with Crippen molar-refractivity contribution < 1.29 is 19.1 Å². The number of thiol groups is 1. The van der Waals surface area contributed by atoms with Crippen molar-refractivity contribution >= 4 is 24.6 Å². The van der Waals surface area contributed by atoms with Crippen LogP contribution in [0, 0.1) is 23.7 Å². The second kappa shape index (κ2) is 8.12. The van der Waals surface area contributed by atoms with Gasteiger partial charge in [0.25, 0.3) is 0 Å². The minimum absolute atomic E-state index is 0.0451. The molecule has 0 aromatic heterocycles. The smallest absolute Gasteiger partial charge is 0.310 e. The van der Waals surface area contributed by atoms with Gasteiger partial charge in [0.2, 0.25) is 0 Å². The minimum Gasteiger partial charge on any atom is -0.462 e. The van der Waals surface area contributed by atoms with Gasteiger partial charge >= 0.3 is 11.9 Å². The van der Waals surface area contributed by atoms with E-state index in [1.54, 1.807) is 0 Å². The summed E-state index contributed by atoms with van der Waals surface area (Å²) in [4.78, 5) is 26.0. The van der Waals surface area contributed by atoms with Gasteiger partial charge in [-0.2, -0.15) is 12.6 Å². The molecule has 0 aromatic carbocycles. The Morgan fingerprint density at radius 3 is 1.73 bits per heavy atom. The maximum atomic E-state index is 13.0. The van der Waals surface area contributed by atoms with Crippen LogP contribution in [0.25, 0.3) is 0 Å². The van der Waals surface area contributed by atoms with Crippen molar-refractivity contribution in [2.75, 3.05) is 0 Å². The van der Waals surface area contributed by atoms with Crippen LogP contribution in [0.3, 0.4) is 0 Å². The highest BCUT2D eigenvalue weighted by molar-refractivity contribution is 7.81. The first-order chi connectivity index (χ1) is 12.6. The Morgan fingerprint density at radius 1 is 0.692 bits per heavy atom. The number of esters is 2. The summed E-state index contributed by atoms with van der Waals surface area (Å²) >= 11 is 4.70. The summed E-state index contributed by atoms with van der Waals surface area (Å²) in [6.07, 6.45) is 12.8. The molecule has 4 saturated carbocycles. The summed E-state index contributed by atoms with van der Waals surface area (Å²) in [6, 6.07) is 0. The predicted molar refractivity (Wildman–Crippen MR) is 102 cm³/mol. The van der Waals surface area contributed by atoms with Crippen molar-refractivity contribution in [1.29, 1.82) is 0 Å². The van der Waals surface area contributed by atoms with Crippen LogP contribution in [0.15, 0.2) is 0 Å². The lowest BCUT2D eigenvalue weighted by Gasteiger charge is -2.34. The lowest BCUT2D eigenvalue weighted by molar-refractivity contribution is -0.170. The third kappa shape index (κ3) is 3.79. The molecular weight excluding hydrogens is 348 g/mol. The molecule has 146 valence electrons. The Labute approximate surface area is 162 Å². The number of fused-ring (bicyclic) bond motifs is 2. The minimum atomic E-state index is -0.339. The van der Waals surface area contributed by atoms with Crippen molar-refractivity contribution in [1.82, 2.24) is 0 Å². The monoisotopic (exact) mass is 380 g/mol. The molecule has 4 aliphatic rings. The van der Waals surface area contributed by atoms with Gasteiger partial charge in [0.15, 0.2) is 0 Å². The Bertz CT molecular complexity index is 524. The van der Waals surface area contributed by atoms with Crippen LogP contribution in [0.2, 0.25) is 0 Å². The molecule has 4 aliphatic carbocycles. The maximum Gasteiger partial charge on any atom is 0.310 e. The van der Waals surface area contributed by atoms with E-state index in [4.69, 9.17) is 22.1 Å². The second-order valence-electron chi connectivity index (χ2n) is 8.91. The SMILES string of the molecule is O=C(OC1CCCCC1)C1C2CC(S)C(C2)C1C(=O)OC1CCCCC1. The summed E-state index contributed by atoms with van der Waals surface area (Å²) < 4.78 is 11.7. The molecule has 2 bridgehead atoms. The number of carbonyl (C=O) groups is 2. The molecule has 0 spiro atoms. The van der Waals surface area contributed by atoms with E-state index >= 15 is 0 Å². The highest BCUT2D eigenvalue weighted by Crippen LogP contribution is 2.55. The Balaban J connectivity index is 1.43. The maximum absolute atomic E-state index is 13.0. The van der Waals surface area contributed by atoms with Crippen LogP contribution in [0.4, 0.5) is 0 Å². The molecule has 4 nitrogen and oxygen atoms in total. The highest BCUT2D eigenvalue weighted by atomic mass is 32.1. The average molecular weight is 381 g/mol. The topological polar surface area (TPSA) is 52.6 Å². The molecule has 4 fully saturated rings. The number of hydrogen-bond acceptors (Lipinski definition) is 5. The molecule has 0 heterocycles. The Kier molecular flexibility index (Phi) is 5.82. The van der Waals surface area contributed by atoms with Crippen LogP contribution in [-0.2, 0) is 19.1 Å². The molecule has 5 heteroatoms. The first kappa shape index (κ1) is 18.6. The van der Waals surface area contributed by atoms with Gasteiger partial charge in [0.05, 0.1) is 11.8 Å². The molecule has 4 rings (SSSR count). The van der Waals surface area contributed by atoms with E-state index in [1.165, 1.54) is 12.8 Å². The third-order valence-electron chi connectivity index (χ3n) is 7.18. The zero-order valence-corrected chi connectivity index (χ0v) is 16.5. The summed E-state index contributed by atoms with van der Waals surface area (Å²) in [6.45, 7) is 0. The van der Waals surface area contributed by atoms with Crippen molar-refractivity contribution in [3.63, 3.8) is 0 Å². The molecule has 0 amide bonds. The predicted octanol–water partition coefficient (Wildman–Crippen LogP) is 4.31. The highest BCUT2D eigenvalue weighted by Gasteiger charge is 2.58. The van der Waals surface area contributed by atoms with Gasteiger partial charge in [-0.05, 0) is 76.0 Å². The fraction of sp³-hybridized carbons (Fsp3) is 0.905. The molecule has 5 atom stereocenters. The van der Waals surface area contributed by atoms with E-state index in [9.17, 15) is 9.59 Å². The summed E-state index contributed by atoms with van der Waals surface area (Å²) in [5.41, 5.74) is 0. The lowest BCUT2D eigenvalue weighted by Crippen LogP contribution is -2.42. The van der Waals surface area contributed by atoms with E-state index in [0.717, 1.165) is 64.2 Å². The van der Waals surface area contributed by atoms with Crippen molar-refractivity contribution in [2.45, 2.75) is 94.5 Å². The van der Waals surface area contributed by atoms with E-state index in [2.05, 4.69) is 0 Å². The number of rotatable bonds is 4. The van der Waals surface area contributed by atoms with Crippen molar-refractivity contribution in [3.8, 4) is 0 Å². The summed E-state index contributed by atoms with van der Waals surface area (Å²) in [5.74, 6) is -0.537. The van der Waals surface area contributed by atoms with Gasteiger partial charge in [-0.1, -0.05) is 12.8 Å². The van der Waals surface area contributed by atoms with Crippen LogP contribution < -0.4 is 0 Å². The molecule has 5 unspecified atom stereocenters. The molecular formula is C21H32O4S. The zero-order chi connectivity index (χ0) is 18.1. The van der Waals surface area contributed by atoms with Gasteiger partial charge in [0, 0.05) is 5.25 Å². The molecule has 0 aliphatic heterocycles. The van der Waals surface area contributed by atoms with Gasteiger partial charge < -0.3 is 9.47 Å². The van der Waals surface area contributed by atoms with E-state index < -0.39 is 0 Å². The second-order valence-corrected chi connectivity index (χ2v) is 9.57. The normalized spacial score (nSPS) is 38.3. The Hall–Kier alpha value is -0.710. The number of ether oxygens (including phenoxy) is 2. The first-order valence-electron chi connectivity index (χ1n) is 10.7.